The first-order chi connectivity index (χ1) is 15.7. The van der Waals surface area contributed by atoms with Crippen LogP contribution in [0.25, 0.3) is 0 Å². The van der Waals surface area contributed by atoms with Crippen LogP contribution in [-0.4, -0.2) is 50.0 Å². The molecule has 0 aliphatic carbocycles. The van der Waals surface area contributed by atoms with Crippen molar-refractivity contribution in [3.05, 3.63) is 63.1 Å². The summed E-state index contributed by atoms with van der Waals surface area (Å²) < 4.78 is 26.4. The Morgan fingerprint density at radius 1 is 1.00 bits per heavy atom. The van der Waals surface area contributed by atoms with Crippen LogP contribution in [0.3, 0.4) is 0 Å². The number of nitrogens with one attached hydrogen (secondary N) is 1. The predicted octanol–water partition coefficient (Wildman–Crippen LogP) is 4.32. The van der Waals surface area contributed by atoms with Gasteiger partial charge in [0.15, 0.2) is 0 Å². The van der Waals surface area contributed by atoms with E-state index in [0.29, 0.717) is 21.3 Å². The molecule has 0 radical (unpaired) electrons. The predicted molar refractivity (Wildman–Crippen MR) is 138 cm³/mol. The number of sulfonamides is 1. The first-order valence-electron chi connectivity index (χ1n) is 10.8. The lowest BCUT2D eigenvalue weighted by molar-refractivity contribution is -0.139. The molecule has 34 heavy (non-hydrogen) atoms. The van der Waals surface area contributed by atoms with Crippen LogP contribution in [0, 0.1) is 13.8 Å². The maximum Gasteiger partial charge on any atom is 0.244 e. The van der Waals surface area contributed by atoms with Crippen molar-refractivity contribution in [2.75, 3.05) is 17.1 Å². The molecule has 0 heterocycles. The molecule has 0 unspecified atom stereocenters. The fraction of sp³-hybridized carbons (Fsp3) is 0.417. The number of rotatable bonds is 9. The Labute approximate surface area is 212 Å². The van der Waals surface area contributed by atoms with Crippen molar-refractivity contribution < 1.29 is 18.0 Å². The van der Waals surface area contributed by atoms with E-state index in [9.17, 15) is 18.0 Å². The smallest absolute Gasteiger partial charge is 0.244 e. The van der Waals surface area contributed by atoms with E-state index in [2.05, 4.69) is 5.32 Å². The van der Waals surface area contributed by atoms with E-state index in [1.54, 1.807) is 37.3 Å². The molecule has 1 N–H and O–H groups in total. The number of amides is 2. The van der Waals surface area contributed by atoms with Crippen molar-refractivity contribution in [2.24, 2.45) is 0 Å². The fourth-order valence-electron chi connectivity index (χ4n) is 3.53. The lowest BCUT2D eigenvalue weighted by Gasteiger charge is -2.32. The highest BCUT2D eigenvalue weighted by atomic mass is 35.5. The third-order valence-corrected chi connectivity index (χ3v) is 6.86. The van der Waals surface area contributed by atoms with Crippen LogP contribution in [0.2, 0.25) is 10.0 Å². The monoisotopic (exact) mass is 527 g/mol. The molecule has 0 spiro atoms. The number of carbonyl (C=O) groups is 2. The molecule has 0 bridgehead atoms. The molecule has 0 fully saturated rings. The van der Waals surface area contributed by atoms with Gasteiger partial charge in [0, 0.05) is 22.6 Å². The summed E-state index contributed by atoms with van der Waals surface area (Å²) in [7, 11) is -3.79. The van der Waals surface area contributed by atoms with Crippen molar-refractivity contribution in [1.82, 2.24) is 10.2 Å². The van der Waals surface area contributed by atoms with Gasteiger partial charge in [0.25, 0.3) is 0 Å². The van der Waals surface area contributed by atoms with Gasteiger partial charge in [-0.2, -0.15) is 0 Å². The van der Waals surface area contributed by atoms with E-state index >= 15 is 0 Å². The van der Waals surface area contributed by atoms with Gasteiger partial charge in [0.05, 0.1) is 11.9 Å². The molecule has 2 aromatic carbocycles. The molecular formula is C24H31Cl2N3O4S. The van der Waals surface area contributed by atoms with Crippen LogP contribution in [0.1, 0.15) is 37.5 Å². The normalized spacial score (nSPS) is 12.4. The van der Waals surface area contributed by atoms with Crippen LogP contribution in [0.15, 0.2) is 36.4 Å². The summed E-state index contributed by atoms with van der Waals surface area (Å²) >= 11 is 12.3. The third kappa shape index (κ3) is 7.61. The molecule has 7 nitrogen and oxygen atoms in total. The Hall–Kier alpha value is -2.29. The maximum atomic E-state index is 13.5. The van der Waals surface area contributed by atoms with Gasteiger partial charge < -0.3 is 10.2 Å². The third-order valence-electron chi connectivity index (χ3n) is 5.13. The number of anilines is 1. The van der Waals surface area contributed by atoms with Crippen LogP contribution < -0.4 is 9.62 Å². The van der Waals surface area contributed by atoms with Gasteiger partial charge in [-0.1, -0.05) is 35.3 Å². The molecule has 0 saturated carbocycles. The number of hydrogen-bond acceptors (Lipinski definition) is 4. The van der Waals surface area contributed by atoms with E-state index in [4.69, 9.17) is 23.2 Å². The van der Waals surface area contributed by atoms with Crippen molar-refractivity contribution >= 4 is 50.7 Å². The number of benzene rings is 2. The van der Waals surface area contributed by atoms with Gasteiger partial charge in [0.2, 0.25) is 21.8 Å². The highest BCUT2D eigenvalue weighted by Gasteiger charge is 2.30. The Morgan fingerprint density at radius 2 is 1.59 bits per heavy atom. The van der Waals surface area contributed by atoms with Gasteiger partial charge in [-0.05, 0) is 75.6 Å². The number of hydrogen-bond donors (Lipinski definition) is 1. The highest BCUT2D eigenvalue weighted by molar-refractivity contribution is 7.92. The highest BCUT2D eigenvalue weighted by Crippen LogP contribution is 2.25. The SMILES string of the molecule is Cc1cc(C)cc(N(CC(=O)N(Cc2ccc(Cl)cc2Cl)[C@@H](C)C(=O)NC(C)C)S(C)(=O)=O)c1. The summed E-state index contributed by atoms with van der Waals surface area (Å²) in [6.07, 6.45) is 1.05. The Morgan fingerprint density at radius 3 is 2.09 bits per heavy atom. The maximum absolute atomic E-state index is 13.5. The van der Waals surface area contributed by atoms with Crippen LogP contribution in [-0.2, 0) is 26.2 Å². The molecule has 2 amide bonds. The van der Waals surface area contributed by atoms with E-state index in [1.807, 2.05) is 33.8 Å². The van der Waals surface area contributed by atoms with Crippen molar-refractivity contribution in [3.8, 4) is 0 Å². The molecule has 186 valence electrons. The molecule has 10 heteroatoms. The number of nitrogens with zero attached hydrogens (tertiary/aromatic N) is 2. The summed E-state index contributed by atoms with van der Waals surface area (Å²) in [5.41, 5.74) is 2.70. The lowest BCUT2D eigenvalue weighted by atomic mass is 10.1. The number of carbonyl (C=O) groups excluding carboxylic acids is 2. The first kappa shape index (κ1) is 28.0. The van der Waals surface area contributed by atoms with E-state index < -0.39 is 28.5 Å². The number of halogens is 2. The van der Waals surface area contributed by atoms with Crippen LogP contribution in [0.5, 0.6) is 0 Å². The van der Waals surface area contributed by atoms with Crippen LogP contribution in [0.4, 0.5) is 5.69 Å². The Balaban J connectivity index is 2.46. The van der Waals surface area contributed by atoms with Crippen molar-refractivity contribution in [1.29, 1.82) is 0 Å². The van der Waals surface area contributed by atoms with Gasteiger partial charge in [-0.15, -0.1) is 0 Å². The summed E-state index contributed by atoms with van der Waals surface area (Å²) in [5.74, 6) is -0.896. The molecular weight excluding hydrogens is 497 g/mol. The Kier molecular flexibility index (Phi) is 9.39. The van der Waals surface area contributed by atoms with Gasteiger partial charge in [0.1, 0.15) is 12.6 Å². The topological polar surface area (TPSA) is 86.8 Å². The summed E-state index contributed by atoms with van der Waals surface area (Å²) in [5, 5.41) is 3.58. The minimum absolute atomic E-state index is 0.00592. The fourth-order valence-corrected chi connectivity index (χ4v) is 4.83. The molecule has 0 saturated heterocycles. The minimum Gasteiger partial charge on any atom is -0.352 e. The van der Waals surface area contributed by atoms with Gasteiger partial charge in [-0.25, -0.2) is 8.42 Å². The van der Waals surface area contributed by atoms with E-state index in [1.165, 1.54) is 4.90 Å². The minimum atomic E-state index is -3.79. The van der Waals surface area contributed by atoms with Crippen molar-refractivity contribution in [2.45, 2.75) is 53.2 Å². The zero-order valence-electron chi connectivity index (χ0n) is 20.2. The molecule has 0 aliphatic rings. The molecule has 0 aromatic heterocycles. The standard InChI is InChI=1S/C24H31Cl2N3O4S/c1-15(2)27-24(31)18(5)28(13-19-7-8-20(25)12-22(19)26)23(30)14-29(34(6,32)33)21-10-16(3)9-17(4)11-21/h7-12,15,18H,13-14H2,1-6H3,(H,27,31)/t18-/m0/s1. The van der Waals surface area contributed by atoms with Crippen LogP contribution >= 0.6 is 23.2 Å². The average Bonchev–Trinajstić information content (AvgIpc) is 2.68. The van der Waals surface area contributed by atoms with E-state index in [0.717, 1.165) is 21.7 Å². The second-order valence-electron chi connectivity index (χ2n) is 8.71. The second kappa shape index (κ2) is 11.4. The molecule has 2 aromatic rings. The zero-order chi connectivity index (χ0) is 25.8. The van der Waals surface area contributed by atoms with Gasteiger partial charge >= 0.3 is 0 Å². The average molecular weight is 529 g/mol. The van der Waals surface area contributed by atoms with E-state index in [-0.39, 0.29) is 18.5 Å². The summed E-state index contributed by atoms with van der Waals surface area (Å²) in [6, 6.07) is 9.19. The largest absolute Gasteiger partial charge is 0.352 e. The molecule has 0 aliphatic heterocycles. The summed E-state index contributed by atoms with van der Waals surface area (Å²) in [6.45, 7) is 8.48. The zero-order valence-corrected chi connectivity index (χ0v) is 22.6. The molecule has 1 atom stereocenters. The summed E-state index contributed by atoms with van der Waals surface area (Å²) in [4.78, 5) is 27.6. The Bertz CT molecular complexity index is 1150. The molecule has 2 rings (SSSR count). The first-order valence-corrected chi connectivity index (χ1v) is 13.4. The lowest BCUT2D eigenvalue weighted by Crippen LogP contribution is -2.52. The van der Waals surface area contributed by atoms with Gasteiger partial charge in [-0.3, -0.25) is 13.9 Å². The second-order valence-corrected chi connectivity index (χ2v) is 11.5. The van der Waals surface area contributed by atoms with Crippen molar-refractivity contribution in [3.63, 3.8) is 0 Å². The quantitative estimate of drug-likeness (QED) is 0.526. The number of aryl methyl sites for hydroxylation is 2.